The number of carbonyl (C=O) groups excluding carboxylic acids is 1. The second-order valence-electron chi connectivity index (χ2n) is 5.86. The Labute approximate surface area is 148 Å². The Balaban J connectivity index is 0.00000208. The number of benzene rings is 2. The van der Waals surface area contributed by atoms with Crippen LogP contribution in [0.5, 0.6) is 5.75 Å². The summed E-state index contributed by atoms with van der Waals surface area (Å²) in [5.74, 6) is 0.0978. The van der Waals surface area contributed by atoms with Crippen molar-refractivity contribution in [3.63, 3.8) is 0 Å². The quantitative estimate of drug-likeness (QED) is 0.836. The molecule has 24 heavy (non-hydrogen) atoms. The molecule has 0 bridgehead atoms. The molecule has 1 amide bonds. The van der Waals surface area contributed by atoms with Gasteiger partial charge in [0.05, 0.1) is 0 Å². The van der Waals surface area contributed by atoms with Crippen LogP contribution in [0.4, 0.5) is 5.69 Å². The third-order valence-electron chi connectivity index (χ3n) is 4.11. The Morgan fingerprint density at radius 1 is 1.04 bits per heavy atom. The van der Waals surface area contributed by atoms with Crippen LogP contribution in [0.2, 0.25) is 0 Å². The minimum atomic E-state index is -0.0236. The van der Waals surface area contributed by atoms with E-state index in [1.807, 2.05) is 23.1 Å². The number of anilines is 1. The maximum Gasteiger partial charge on any atom is 0.254 e. The number of carbonyl (C=O) groups is 1. The molecule has 0 saturated carbocycles. The lowest BCUT2D eigenvalue weighted by Crippen LogP contribution is -2.48. The summed E-state index contributed by atoms with van der Waals surface area (Å²) in [5, 5.41) is 9.50. The monoisotopic (exact) mass is 347 g/mol. The van der Waals surface area contributed by atoms with Crippen molar-refractivity contribution in [1.29, 1.82) is 0 Å². The number of hydrogen-bond acceptors (Lipinski definition) is 4. The molecule has 3 N–H and O–H groups in total. The second-order valence-corrected chi connectivity index (χ2v) is 5.86. The van der Waals surface area contributed by atoms with Gasteiger partial charge in [-0.3, -0.25) is 9.69 Å². The molecular formula is C18H22ClN3O2. The lowest BCUT2D eigenvalue weighted by molar-refractivity contribution is 0.0628. The number of nitrogen functional groups attached to an aromatic ring is 1. The van der Waals surface area contributed by atoms with E-state index in [1.54, 1.807) is 18.2 Å². The maximum atomic E-state index is 12.4. The molecule has 0 radical (unpaired) electrons. The molecule has 0 spiro atoms. The van der Waals surface area contributed by atoms with Crippen LogP contribution in [0.3, 0.4) is 0 Å². The van der Waals surface area contributed by atoms with Crippen LogP contribution in [-0.2, 0) is 6.54 Å². The highest BCUT2D eigenvalue weighted by Gasteiger charge is 2.22. The number of rotatable bonds is 3. The van der Waals surface area contributed by atoms with Crippen molar-refractivity contribution in [1.82, 2.24) is 9.80 Å². The molecule has 0 atom stereocenters. The zero-order valence-electron chi connectivity index (χ0n) is 13.4. The topological polar surface area (TPSA) is 69.8 Å². The van der Waals surface area contributed by atoms with Gasteiger partial charge >= 0.3 is 0 Å². The second kappa shape index (κ2) is 8.04. The lowest BCUT2D eigenvalue weighted by atomic mass is 10.1. The standard InChI is InChI=1S/C18H21N3O2.ClH/c19-16-5-1-3-14(11-16)13-20-7-9-21(10-8-20)18(23)15-4-2-6-17(22)12-15;/h1-6,11-12,22H,7-10,13,19H2;1H. The zero-order valence-corrected chi connectivity index (χ0v) is 14.2. The van der Waals surface area contributed by atoms with Crippen molar-refractivity contribution in [2.45, 2.75) is 6.54 Å². The van der Waals surface area contributed by atoms with Crippen LogP contribution in [0.25, 0.3) is 0 Å². The van der Waals surface area contributed by atoms with Crippen molar-refractivity contribution < 1.29 is 9.90 Å². The van der Waals surface area contributed by atoms with Gasteiger partial charge in [-0.15, -0.1) is 12.4 Å². The SMILES string of the molecule is Cl.Nc1cccc(CN2CCN(C(=O)c3cccc(O)c3)CC2)c1. The number of amides is 1. The first-order chi connectivity index (χ1) is 11.1. The van der Waals surface area contributed by atoms with Crippen LogP contribution in [-0.4, -0.2) is 47.0 Å². The molecule has 2 aromatic carbocycles. The highest BCUT2D eigenvalue weighted by atomic mass is 35.5. The van der Waals surface area contributed by atoms with Crippen LogP contribution in [0.1, 0.15) is 15.9 Å². The smallest absolute Gasteiger partial charge is 0.254 e. The molecule has 0 unspecified atom stereocenters. The minimum Gasteiger partial charge on any atom is -0.508 e. The van der Waals surface area contributed by atoms with Gasteiger partial charge < -0.3 is 15.7 Å². The molecule has 1 fully saturated rings. The summed E-state index contributed by atoms with van der Waals surface area (Å²) >= 11 is 0. The first-order valence-electron chi connectivity index (χ1n) is 7.77. The molecule has 1 heterocycles. The largest absolute Gasteiger partial charge is 0.508 e. The van der Waals surface area contributed by atoms with Gasteiger partial charge in [0, 0.05) is 44.0 Å². The Hall–Kier alpha value is -2.24. The molecule has 3 rings (SSSR count). The Morgan fingerprint density at radius 2 is 1.75 bits per heavy atom. The predicted molar refractivity (Wildman–Crippen MR) is 97.4 cm³/mol. The van der Waals surface area contributed by atoms with E-state index >= 15 is 0 Å². The van der Waals surface area contributed by atoms with Crippen molar-refractivity contribution in [3.8, 4) is 5.75 Å². The summed E-state index contributed by atoms with van der Waals surface area (Å²) in [6.07, 6.45) is 0. The summed E-state index contributed by atoms with van der Waals surface area (Å²) in [6, 6.07) is 14.4. The summed E-state index contributed by atoms with van der Waals surface area (Å²) in [7, 11) is 0. The van der Waals surface area contributed by atoms with Gasteiger partial charge in [-0.25, -0.2) is 0 Å². The number of phenolic OH excluding ortho intramolecular Hbond substituents is 1. The highest BCUT2D eigenvalue weighted by Crippen LogP contribution is 2.16. The average Bonchev–Trinajstić information content (AvgIpc) is 2.55. The fraction of sp³-hybridized carbons (Fsp3) is 0.278. The molecule has 5 nitrogen and oxygen atoms in total. The molecule has 1 aliphatic heterocycles. The van der Waals surface area contributed by atoms with Gasteiger partial charge in [-0.1, -0.05) is 18.2 Å². The number of phenols is 1. The average molecular weight is 348 g/mol. The van der Waals surface area contributed by atoms with E-state index in [0.717, 1.165) is 25.3 Å². The minimum absolute atomic E-state index is 0. The third kappa shape index (κ3) is 4.40. The summed E-state index contributed by atoms with van der Waals surface area (Å²) in [4.78, 5) is 16.6. The van der Waals surface area contributed by atoms with Crippen LogP contribution < -0.4 is 5.73 Å². The molecule has 128 valence electrons. The molecule has 0 aromatic heterocycles. The van der Waals surface area contributed by atoms with Crippen molar-refractivity contribution in [2.24, 2.45) is 0 Å². The fourth-order valence-electron chi connectivity index (χ4n) is 2.88. The van der Waals surface area contributed by atoms with Gasteiger partial charge in [-0.05, 0) is 35.9 Å². The number of nitrogens with zero attached hydrogens (tertiary/aromatic N) is 2. The summed E-state index contributed by atoms with van der Waals surface area (Å²) in [5.41, 5.74) is 8.32. The first kappa shape index (κ1) is 18.1. The molecule has 6 heteroatoms. The first-order valence-corrected chi connectivity index (χ1v) is 7.77. The van der Waals surface area contributed by atoms with Crippen LogP contribution >= 0.6 is 12.4 Å². The van der Waals surface area contributed by atoms with E-state index < -0.39 is 0 Å². The van der Waals surface area contributed by atoms with Crippen LogP contribution in [0, 0.1) is 0 Å². The number of piperazine rings is 1. The normalized spacial score (nSPS) is 14.9. The molecule has 2 aromatic rings. The van der Waals surface area contributed by atoms with E-state index in [2.05, 4.69) is 11.0 Å². The van der Waals surface area contributed by atoms with E-state index in [0.29, 0.717) is 18.7 Å². The molecule has 0 aliphatic carbocycles. The van der Waals surface area contributed by atoms with Crippen molar-refractivity contribution >= 4 is 24.0 Å². The van der Waals surface area contributed by atoms with Gasteiger partial charge in [-0.2, -0.15) is 0 Å². The Morgan fingerprint density at radius 3 is 2.42 bits per heavy atom. The fourth-order valence-corrected chi connectivity index (χ4v) is 2.88. The number of nitrogens with two attached hydrogens (primary N) is 1. The zero-order chi connectivity index (χ0) is 16.2. The summed E-state index contributed by atoms with van der Waals surface area (Å²) < 4.78 is 0. The third-order valence-corrected chi connectivity index (χ3v) is 4.11. The number of halogens is 1. The number of hydrogen-bond donors (Lipinski definition) is 2. The van der Waals surface area contributed by atoms with Crippen molar-refractivity contribution in [2.75, 3.05) is 31.9 Å². The molecule has 1 saturated heterocycles. The maximum absolute atomic E-state index is 12.4. The molecule has 1 aliphatic rings. The summed E-state index contributed by atoms with van der Waals surface area (Å²) in [6.45, 7) is 3.89. The van der Waals surface area contributed by atoms with E-state index in [9.17, 15) is 9.90 Å². The Bertz CT molecular complexity index is 700. The van der Waals surface area contributed by atoms with E-state index in [-0.39, 0.29) is 24.1 Å². The van der Waals surface area contributed by atoms with Gasteiger partial charge in [0.1, 0.15) is 5.75 Å². The van der Waals surface area contributed by atoms with Crippen LogP contribution in [0.15, 0.2) is 48.5 Å². The predicted octanol–water partition coefficient (Wildman–Crippen LogP) is 2.35. The van der Waals surface area contributed by atoms with Gasteiger partial charge in [0.25, 0.3) is 5.91 Å². The van der Waals surface area contributed by atoms with Gasteiger partial charge in [0.2, 0.25) is 0 Å². The molecular weight excluding hydrogens is 326 g/mol. The number of aromatic hydroxyl groups is 1. The Kier molecular flexibility index (Phi) is 6.06. The van der Waals surface area contributed by atoms with Gasteiger partial charge in [0.15, 0.2) is 0 Å². The van der Waals surface area contributed by atoms with Crippen molar-refractivity contribution in [3.05, 3.63) is 59.7 Å². The highest BCUT2D eigenvalue weighted by molar-refractivity contribution is 5.94. The van der Waals surface area contributed by atoms with E-state index in [4.69, 9.17) is 5.73 Å². The van der Waals surface area contributed by atoms with E-state index in [1.165, 1.54) is 11.6 Å². The lowest BCUT2D eigenvalue weighted by Gasteiger charge is -2.34.